The lowest BCUT2D eigenvalue weighted by Crippen LogP contribution is -2.48. The molecule has 1 saturated heterocycles. The summed E-state index contributed by atoms with van der Waals surface area (Å²) in [6.07, 6.45) is 3.17. The van der Waals surface area contributed by atoms with Gasteiger partial charge in [0.25, 0.3) is 0 Å². The number of unbranched alkanes of at least 4 members (excludes halogenated alkanes) is 1. The Morgan fingerprint density at radius 2 is 2.05 bits per heavy atom. The topological polar surface area (TPSA) is 60.9 Å². The van der Waals surface area contributed by atoms with Crippen molar-refractivity contribution in [3.63, 3.8) is 0 Å². The molecule has 1 aliphatic rings. The fourth-order valence-electron chi connectivity index (χ4n) is 2.67. The van der Waals surface area contributed by atoms with Crippen LogP contribution in [0.15, 0.2) is 30.3 Å². The molecule has 0 spiro atoms. The molecule has 1 aromatic rings. The van der Waals surface area contributed by atoms with Gasteiger partial charge in [-0.05, 0) is 31.4 Å². The number of anilines is 1. The second kappa shape index (κ2) is 7.11. The predicted molar refractivity (Wildman–Crippen MR) is 81.5 cm³/mol. The molecule has 5 nitrogen and oxygen atoms in total. The molecule has 21 heavy (non-hydrogen) atoms. The molecular weight excluding hydrogens is 268 g/mol. The number of rotatable bonds is 5. The summed E-state index contributed by atoms with van der Waals surface area (Å²) in [7, 11) is 0. The lowest BCUT2D eigenvalue weighted by molar-refractivity contribution is -0.141. The van der Waals surface area contributed by atoms with Crippen LogP contribution >= 0.6 is 0 Å². The molecule has 0 aromatic heterocycles. The Hall–Kier alpha value is -2.04. The molecule has 1 fully saturated rings. The van der Waals surface area contributed by atoms with Gasteiger partial charge >= 0.3 is 12.0 Å². The van der Waals surface area contributed by atoms with Gasteiger partial charge in [-0.3, -0.25) is 4.90 Å². The van der Waals surface area contributed by atoms with Gasteiger partial charge in [0.2, 0.25) is 0 Å². The Balaban J connectivity index is 2.20. The number of amides is 2. The Morgan fingerprint density at radius 3 is 2.67 bits per heavy atom. The Morgan fingerprint density at radius 1 is 1.33 bits per heavy atom. The minimum atomic E-state index is -0.913. The maximum atomic E-state index is 12.8. The quantitative estimate of drug-likeness (QED) is 0.907. The van der Waals surface area contributed by atoms with E-state index in [0.717, 1.165) is 24.9 Å². The van der Waals surface area contributed by atoms with Gasteiger partial charge in [0.15, 0.2) is 0 Å². The average molecular weight is 290 g/mol. The van der Waals surface area contributed by atoms with E-state index in [0.29, 0.717) is 19.5 Å². The van der Waals surface area contributed by atoms with Crippen molar-refractivity contribution in [3.05, 3.63) is 30.3 Å². The van der Waals surface area contributed by atoms with E-state index >= 15 is 0 Å². The van der Waals surface area contributed by atoms with Crippen molar-refractivity contribution in [1.29, 1.82) is 0 Å². The molecular formula is C16H22N2O3. The van der Waals surface area contributed by atoms with Crippen molar-refractivity contribution in [1.82, 2.24) is 4.90 Å². The summed E-state index contributed by atoms with van der Waals surface area (Å²) in [5.41, 5.74) is 0.826. The zero-order valence-electron chi connectivity index (χ0n) is 12.4. The van der Waals surface area contributed by atoms with Gasteiger partial charge in [-0.2, -0.15) is 0 Å². The first-order valence-electron chi connectivity index (χ1n) is 7.51. The number of carbonyl (C=O) groups is 2. The van der Waals surface area contributed by atoms with Crippen LogP contribution in [0, 0.1) is 0 Å². The Bertz CT molecular complexity index is 490. The molecule has 0 aliphatic carbocycles. The Kier molecular flexibility index (Phi) is 5.20. The fraction of sp³-hybridized carbons (Fsp3) is 0.500. The summed E-state index contributed by atoms with van der Waals surface area (Å²) in [5, 5.41) is 9.25. The lowest BCUT2D eigenvalue weighted by atomic mass is 10.2. The van der Waals surface area contributed by atoms with Gasteiger partial charge in [-0.1, -0.05) is 31.5 Å². The summed E-state index contributed by atoms with van der Waals surface area (Å²) in [5.74, 6) is -0.913. The molecule has 1 atom stereocenters. The zero-order valence-corrected chi connectivity index (χ0v) is 12.4. The maximum Gasteiger partial charge on any atom is 0.326 e. The molecule has 1 aliphatic heterocycles. The standard InChI is InChI=1S/C16H22N2O3/c1-2-3-11-17(13-8-5-4-6-9-13)16(21)18-12-7-10-14(18)15(19)20/h4-6,8-9,14H,2-3,7,10-12H2,1H3,(H,19,20)/t14-/m1/s1. The number of hydrogen-bond acceptors (Lipinski definition) is 2. The molecule has 114 valence electrons. The third-order valence-electron chi connectivity index (χ3n) is 3.82. The summed E-state index contributed by atoms with van der Waals surface area (Å²) < 4.78 is 0. The first-order valence-corrected chi connectivity index (χ1v) is 7.51. The SMILES string of the molecule is CCCCN(C(=O)N1CCC[C@@H]1C(=O)O)c1ccccc1. The van der Waals surface area contributed by atoms with Crippen LogP contribution in [-0.4, -0.2) is 41.1 Å². The first kappa shape index (κ1) is 15.4. The number of likely N-dealkylation sites (tertiary alicyclic amines) is 1. The maximum absolute atomic E-state index is 12.8. The van der Waals surface area contributed by atoms with Crippen molar-refractivity contribution in [2.45, 2.75) is 38.6 Å². The van der Waals surface area contributed by atoms with Crippen LogP contribution in [0.2, 0.25) is 0 Å². The zero-order chi connectivity index (χ0) is 15.2. The fourth-order valence-corrected chi connectivity index (χ4v) is 2.67. The molecule has 5 heteroatoms. The van der Waals surface area contributed by atoms with Gasteiger partial charge < -0.3 is 10.0 Å². The highest BCUT2D eigenvalue weighted by Crippen LogP contribution is 2.23. The van der Waals surface area contributed by atoms with Crippen molar-refractivity contribution in [2.75, 3.05) is 18.0 Å². The highest BCUT2D eigenvalue weighted by molar-refractivity contribution is 5.94. The number of urea groups is 1. The van der Waals surface area contributed by atoms with Gasteiger partial charge in [-0.15, -0.1) is 0 Å². The van der Waals surface area contributed by atoms with E-state index in [1.54, 1.807) is 4.90 Å². The van der Waals surface area contributed by atoms with Gasteiger partial charge in [0.05, 0.1) is 0 Å². The summed E-state index contributed by atoms with van der Waals surface area (Å²) in [6, 6.07) is 8.58. The number of carboxylic acids is 1. The van der Waals surface area contributed by atoms with E-state index in [4.69, 9.17) is 0 Å². The number of carbonyl (C=O) groups excluding carboxylic acids is 1. The molecule has 0 unspecified atom stereocenters. The van der Waals surface area contributed by atoms with Crippen LogP contribution in [-0.2, 0) is 4.79 Å². The summed E-state index contributed by atoms with van der Waals surface area (Å²) >= 11 is 0. The van der Waals surface area contributed by atoms with Crippen LogP contribution < -0.4 is 4.90 Å². The Labute approximate surface area is 125 Å². The van der Waals surface area contributed by atoms with E-state index in [9.17, 15) is 14.7 Å². The first-order chi connectivity index (χ1) is 10.1. The molecule has 2 amide bonds. The van der Waals surface area contributed by atoms with Gasteiger partial charge in [0, 0.05) is 18.8 Å². The number of para-hydroxylation sites is 1. The largest absolute Gasteiger partial charge is 0.480 e. The average Bonchev–Trinajstić information content (AvgIpc) is 2.98. The minimum Gasteiger partial charge on any atom is -0.480 e. The van der Waals surface area contributed by atoms with E-state index in [-0.39, 0.29) is 6.03 Å². The van der Waals surface area contributed by atoms with E-state index in [1.165, 1.54) is 4.90 Å². The smallest absolute Gasteiger partial charge is 0.326 e. The number of carboxylic acid groups (broad SMARTS) is 1. The second-order valence-electron chi connectivity index (χ2n) is 5.31. The molecule has 1 heterocycles. The third kappa shape index (κ3) is 3.54. The molecule has 1 aromatic carbocycles. The summed E-state index contributed by atoms with van der Waals surface area (Å²) in [6.45, 7) is 3.21. The van der Waals surface area contributed by atoms with Crippen molar-refractivity contribution in [2.24, 2.45) is 0 Å². The number of aliphatic carboxylic acids is 1. The third-order valence-corrected chi connectivity index (χ3v) is 3.82. The van der Waals surface area contributed by atoms with Crippen LogP contribution in [0.3, 0.4) is 0 Å². The number of nitrogens with zero attached hydrogens (tertiary/aromatic N) is 2. The van der Waals surface area contributed by atoms with Crippen LogP contribution in [0.25, 0.3) is 0 Å². The van der Waals surface area contributed by atoms with Crippen molar-refractivity contribution < 1.29 is 14.7 Å². The predicted octanol–water partition coefficient (Wildman–Crippen LogP) is 2.96. The van der Waals surface area contributed by atoms with Crippen LogP contribution in [0.1, 0.15) is 32.6 Å². The van der Waals surface area contributed by atoms with Gasteiger partial charge in [-0.25, -0.2) is 9.59 Å². The monoisotopic (exact) mass is 290 g/mol. The lowest BCUT2D eigenvalue weighted by Gasteiger charge is -2.30. The highest BCUT2D eigenvalue weighted by Gasteiger charge is 2.36. The second-order valence-corrected chi connectivity index (χ2v) is 5.31. The highest BCUT2D eigenvalue weighted by atomic mass is 16.4. The van der Waals surface area contributed by atoms with Crippen molar-refractivity contribution in [3.8, 4) is 0 Å². The number of hydrogen-bond donors (Lipinski definition) is 1. The normalized spacial score (nSPS) is 17.8. The van der Waals surface area contributed by atoms with E-state index < -0.39 is 12.0 Å². The van der Waals surface area contributed by atoms with Crippen LogP contribution in [0.4, 0.5) is 10.5 Å². The minimum absolute atomic E-state index is 0.195. The van der Waals surface area contributed by atoms with Crippen molar-refractivity contribution >= 4 is 17.7 Å². The van der Waals surface area contributed by atoms with E-state index in [2.05, 4.69) is 6.92 Å². The molecule has 0 radical (unpaired) electrons. The molecule has 0 saturated carbocycles. The molecule has 2 rings (SSSR count). The van der Waals surface area contributed by atoms with Crippen LogP contribution in [0.5, 0.6) is 0 Å². The molecule has 0 bridgehead atoms. The van der Waals surface area contributed by atoms with Gasteiger partial charge in [0.1, 0.15) is 6.04 Å². The molecule has 1 N–H and O–H groups in total. The number of benzene rings is 1. The van der Waals surface area contributed by atoms with E-state index in [1.807, 2.05) is 30.3 Å². The summed E-state index contributed by atoms with van der Waals surface area (Å²) in [4.78, 5) is 27.2.